The van der Waals surface area contributed by atoms with E-state index in [-0.39, 0.29) is 17.3 Å². The van der Waals surface area contributed by atoms with Crippen molar-refractivity contribution in [3.05, 3.63) is 23.5 Å². The summed E-state index contributed by atoms with van der Waals surface area (Å²) in [7, 11) is 0. The summed E-state index contributed by atoms with van der Waals surface area (Å²) in [5, 5.41) is 9.03. The van der Waals surface area contributed by atoms with Gasteiger partial charge in [-0.05, 0) is 31.4 Å². The van der Waals surface area contributed by atoms with Crippen LogP contribution in [0.1, 0.15) is 36.5 Å². The van der Waals surface area contributed by atoms with Gasteiger partial charge in [0.1, 0.15) is 5.82 Å². The van der Waals surface area contributed by atoms with Crippen LogP contribution in [0, 0.1) is 5.82 Å². The van der Waals surface area contributed by atoms with Crippen LogP contribution in [0.25, 0.3) is 0 Å². The summed E-state index contributed by atoms with van der Waals surface area (Å²) >= 11 is 0. The largest absolute Gasteiger partial charge is 0.478 e. The van der Waals surface area contributed by atoms with Gasteiger partial charge in [0, 0.05) is 18.3 Å². The fourth-order valence-electron chi connectivity index (χ4n) is 2.56. The van der Waals surface area contributed by atoms with E-state index in [0.717, 1.165) is 31.9 Å². The number of carboxylic acid groups (broad SMARTS) is 1. The summed E-state index contributed by atoms with van der Waals surface area (Å²) in [6.45, 7) is 2.81. The molecule has 1 atom stereocenters. The third-order valence-electron chi connectivity index (χ3n) is 3.51. The van der Waals surface area contributed by atoms with E-state index < -0.39 is 11.8 Å². The highest BCUT2D eigenvalue weighted by Crippen LogP contribution is 2.32. The summed E-state index contributed by atoms with van der Waals surface area (Å²) in [6.07, 6.45) is 2.94. The Balaban J connectivity index is 2.44. The number of hydrogen-bond donors (Lipinski definition) is 2. The van der Waals surface area contributed by atoms with Crippen molar-refractivity contribution in [3.8, 4) is 0 Å². The van der Waals surface area contributed by atoms with Crippen molar-refractivity contribution in [2.24, 2.45) is 0 Å². The van der Waals surface area contributed by atoms with Crippen LogP contribution in [0.3, 0.4) is 0 Å². The molecule has 0 saturated carbocycles. The van der Waals surface area contributed by atoms with Gasteiger partial charge >= 0.3 is 5.97 Å². The van der Waals surface area contributed by atoms with Crippen molar-refractivity contribution in [3.63, 3.8) is 0 Å². The van der Waals surface area contributed by atoms with Crippen molar-refractivity contribution >= 4 is 17.3 Å². The molecule has 0 aliphatic carbocycles. The van der Waals surface area contributed by atoms with Crippen LogP contribution in [0.5, 0.6) is 0 Å². The van der Waals surface area contributed by atoms with Crippen molar-refractivity contribution in [1.29, 1.82) is 0 Å². The van der Waals surface area contributed by atoms with E-state index in [0.29, 0.717) is 5.69 Å². The average molecular weight is 252 g/mol. The van der Waals surface area contributed by atoms with E-state index in [1.807, 2.05) is 4.90 Å². The Bertz CT molecular complexity index is 476. The SMILES string of the molecule is CCC1CCCN1c1cc(C(=O)O)c(N)cc1F. The number of rotatable bonds is 3. The van der Waals surface area contributed by atoms with Crippen molar-refractivity contribution in [2.75, 3.05) is 17.2 Å². The lowest BCUT2D eigenvalue weighted by atomic mass is 10.1. The molecule has 1 heterocycles. The van der Waals surface area contributed by atoms with E-state index in [1.54, 1.807) is 0 Å². The van der Waals surface area contributed by atoms with E-state index in [2.05, 4.69) is 6.92 Å². The molecule has 0 amide bonds. The maximum Gasteiger partial charge on any atom is 0.337 e. The van der Waals surface area contributed by atoms with Gasteiger partial charge in [0.15, 0.2) is 0 Å². The highest BCUT2D eigenvalue weighted by Gasteiger charge is 2.26. The standard InChI is InChI=1S/C13H17FN2O2/c1-2-8-4-3-5-16(8)12-6-9(13(17)18)11(15)7-10(12)14/h6-8H,2-5,15H2,1H3,(H,17,18). The summed E-state index contributed by atoms with van der Waals surface area (Å²) in [5.74, 6) is -1.57. The Morgan fingerprint density at radius 1 is 1.61 bits per heavy atom. The van der Waals surface area contributed by atoms with E-state index in [4.69, 9.17) is 10.8 Å². The van der Waals surface area contributed by atoms with E-state index >= 15 is 0 Å². The number of hydrogen-bond acceptors (Lipinski definition) is 3. The number of nitrogens with two attached hydrogens (primary N) is 1. The Morgan fingerprint density at radius 2 is 2.33 bits per heavy atom. The molecule has 2 rings (SSSR count). The number of carbonyl (C=O) groups is 1. The van der Waals surface area contributed by atoms with Crippen molar-refractivity contribution < 1.29 is 14.3 Å². The monoisotopic (exact) mass is 252 g/mol. The molecule has 0 spiro atoms. The predicted octanol–water partition coefficient (Wildman–Crippen LogP) is 2.48. The van der Waals surface area contributed by atoms with Crippen LogP contribution in [-0.2, 0) is 0 Å². The molecule has 1 saturated heterocycles. The van der Waals surface area contributed by atoms with Crippen LogP contribution in [-0.4, -0.2) is 23.7 Å². The Morgan fingerprint density at radius 3 is 2.94 bits per heavy atom. The summed E-state index contributed by atoms with van der Waals surface area (Å²) in [4.78, 5) is 13.0. The third kappa shape index (κ3) is 2.12. The molecule has 1 unspecified atom stereocenters. The molecule has 18 heavy (non-hydrogen) atoms. The normalized spacial score (nSPS) is 19.2. The molecule has 4 nitrogen and oxygen atoms in total. The molecular formula is C13H17FN2O2. The molecule has 1 aliphatic heterocycles. The zero-order valence-electron chi connectivity index (χ0n) is 10.3. The van der Waals surface area contributed by atoms with Gasteiger partial charge in [-0.15, -0.1) is 0 Å². The molecule has 1 aliphatic rings. The van der Waals surface area contributed by atoms with Gasteiger partial charge in [-0.1, -0.05) is 6.92 Å². The Labute approximate surface area is 105 Å². The third-order valence-corrected chi connectivity index (χ3v) is 3.51. The maximum atomic E-state index is 13.9. The highest BCUT2D eigenvalue weighted by atomic mass is 19.1. The lowest BCUT2D eigenvalue weighted by molar-refractivity contribution is 0.0698. The zero-order valence-corrected chi connectivity index (χ0v) is 10.3. The summed E-state index contributed by atoms with van der Waals surface area (Å²) in [6, 6.07) is 2.73. The number of anilines is 2. The molecule has 0 radical (unpaired) electrons. The van der Waals surface area contributed by atoms with Crippen LogP contribution in [0.4, 0.5) is 15.8 Å². The summed E-state index contributed by atoms with van der Waals surface area (Å²) < 4.78 is 13.9. The van der Waals surface area contributed by atoms with Crippen LogP contribution in [0.15, 0.2) is 12.1 Å². The Hall–Kier alpha value is -1.78. The van der Waals surface area contributed by atoms with Gasteiger partial charge in [-0.2, -0.15) is 0 Å². The number of halogens is 1. The molecule has 3 N–H and O–H groups in total. The van der Waals surface area contributed by atoms with Crippen LogP contribution >= 0.6 is 0 Å². The highest BCUT2D eigenvalue weighted by molar-refractivity contribution is 5.95. The van der Waals surface area contributed by atoms with Gasteiger partial charge in [-0.25, -0.2) is 9.18 Å². The predicted molar refractivity (Wildman–Crippen MR) is 68.4 cm³/mol. The number of carboxylic acids is 1. The Kier molecular flexibility index (Phi) is 3.41. The molecular weight excluding hydrogens is 235 g/mol. The lowest BCUT2D eigenvalue weighted by Gasteiger charge is -2.26. The second-order valence-corrected chi connectivity index (χ2v) is 4.59. The van der Waals surface area contributed by atoms with Gasteiger partial charge in [-0.3, -0.25) is 0 Å². The number of aromatic carboxylic acids is 1. The first kappa shape index (κ1) is 12.7. The van der Waals surface area contributed by atoms with Crippen molar-refractivity contribution in [1.82, 2.24) is 0 Å². The smallest absolute Gasteiger partial charge is 0.337 e. The zero-order chi connectivity index (χ0) is 13.3. The number of nitrogens with zero attached hydrogens (tertiary/aromatic N) is 1. The average Bonchev–Trinajstić information content (AvgIpc) is 2.76. The molecule has 98 valence electrons. The van der Waals surface area contributed by atoms with Crippen LogP contribution in [0.2, 0.25) is 0 Å². The lowest BCUT2D eigenvalue weighted by Crippen LogP contribution is -2.29. The molecule has 5 heteroatoms. The molecule has 1 aromatic rings. The minimum Gasteiger partial charge on any atom is -0.478 e. The van der Waals surface area contributed by atoms with Gasteiger partial charge in [0.25, 0.3) is 0 Å². The van der Waals surface area contributed by atoms with Crippen molar-refractivity contribution in [2.45, 2.75) is 32.2 Å². The van der Waals surface area contributed by atoms with E-state index in [9.17, 15) is 9.18 Å². The second kappa shape index (κ2) is 4.84. The molecule has 1 fully saturated rings. The fourth-order valence-corrected chi connectivity index (χ4v) is 2.56. The fraction of sp³-hybridized carbons (Fsp3) is 0.462. The maximum absolute atomic E-state index is 13.9. The first-order chi connectivity index (χ1) is 8.54. The van der Waals surface area contributed by atoms with E-state index in [1.165, 1.54) is 6.07 Å². The molecule has 1 aromatic carbocycles. The first-order valence-electron chi connectivity index (χ1n) is 6.13. The van der Waals surface area contributed by atoms with Gasteiger partial charge < -0.3 is 15.7 Å². The minimum atomic E-state index is -1.12. The van der Waals surface area contributed by atoms with Crippen LogP contribution < -0.4 is 10.6 Å². The minimum absolute atomic E-state index is 0.0315. The topological polar surface area (TPSA) is 66.6 Å². The number of benzene rings is 1. The summed E-state index contributed by atoms with van der Waals surface area (Å²) in [5.41, 5.74) is 5.80. The molecule has 0 bridgehead atoms. The van der Waals surface area contributed by atoms with Gasteiger partial charge in [0.05, 0.1) is 11.3 Å². The molecule has 0 aromatic heterocycles. The van der Waals surface area contributed by atoms with Gasteiger partial charge in [0.2, 0.25) is 0 Å². The quantitative estimate of drug-likeness (QED) is 0.811. The second-order valence-electron chi connectivity index (χ2n) is 4.59. The number of nitrogen functional groups attached to an aromatic ring is 1. The first-order valence-corrected chi connectivity index (χ1v) is 6.13.